The zero-order valence-corrected chi connectivity index (χ0v) is 33.4. The number of halogens is 2. The van der Waals surface area contributed by atoms with E-state index in [-0.39, 0.29) is 10.8 Å². The van der Waals surface area contributed by atoms with Crippen molar-refractivity contribution in [3.63, 3.8) is 0 Å². The Morgan fingerprint density at radius 3 is 1.12 bits per heavy atom. The van der Waals surface area contributed by atoms with E-state index < -0.39 is 4.33 Å². The maximum atomic E-state index is 7.45. The molecule has 50 heavy (non-hydrogen) atoms. The van der Waals surface area contributed by atoms with Gasteiger partial charge in [-0.05, 0) is 118 Å². The molecule has 0 saturated heterocycles. The molecule has 0 radical (unpaired) electrons. The summed E-state index contributed by atoms with van der Waals surface area (Å²) < 4.78 is 11.6. The number of ether oxygens (including phenoxy) is 2. The molecule has 3 aliphatic carbocycles. The van der Waals surface area contributed by atoms with Crippen LogP contribution in [0.5, 0.6) is 11.5 Å². The number of alkyl halides is 2. The summed E-state index contributed by atoms with van der Waals surface area (Å²) in [6.45, 7) is 6.22. The van der Waals surface area contributed by atoms with Gasteiger partial charge >= 0.3 is 0 Å². The van der Waals surface area contributed by atoms with Crippen LogP contribution in [-0.4, -0.2) is 17.5 Å². The lowest BCUT2D eigenvalue weighted by Crippen LogP contribution is -2.66. The minimum absolute atomic E-state index is 0.0898. The smallest absolute Gasteiger partial charge is 0.129 e. The fourth-order valence-corrected chi connectivity index (χ4v) is 10.9. The fraction of sp³-hybridized carbons (Fsp3) is 0.739. The molecule has 0 heterocycles. The Kier molecular flexibility index (Phi) is 16.1. The van der Waals surface area contributed by atoms with Gasteiger partial charge in [-0.2, -0.15) is 0 Å². The van der Waals surface area contributed by atoms with Crippen molar-refractivity contribution in [2.75, 3.05) is 13.2 Å². The lowest BCUT2D eigenvalue weighted by Gasteiger charge is -2.69. The fourth-order valence-electron chi connectivity index (χ4n) is 9.84. The second-order valence-corrected chi connectivity index (χ2v) is 18.0. The molecule has 2 nitrogen and oxygen atoms in total. The lowest BCUT2D eigenvalue weighted by atomic mass is 9.43. The molecule has 3 saturated carbocycles. The SMILES string of the molecule is CCCCCCCCCCOc1ccc(C2CCC3(CC2)CC2(CCC(c4ccc(OCCCCCCCCCC)cc4)CC2)C3(Cl)Cl)cc1. The summed E-state index contributed by atoms with van der Waals surface area (Å²) in [4.78, 5) is 0. The first-order valence-corrected chi connectivity index (χ1v) is 22.0. The predicted octanol–water partition coefficient (Wildman–Crippen LogP) is 15.3. The van der Waals surface area contributed by atoms with Crippen LogP contribution in [-0.2, 0) is 0 Å². The Morgan fingerprint density at radius 1 is 0.480 bits per heavy atom. The van der Waals surface area contributed by atoms with Gasteiger partial charge in [0.15, 0.2) is 0 Å². The minimum Gasteiger partial charge on any atom is -0.494 e. The van der Waals surface area contributed by atoms with Gasteiger partial charge in [0.1, 0.15) is 15.8 Å². The van der Waals surface area contributed by atoms with E-state index in [0.717, 1.165) is 63.2 Å². The van der Waals surface area contributed by atoms with Gasteiger partial charge in [0, 0.05) is 10.8 Å². The standard InChI is InChI=1S/C46H70Cl2O2/c1-3-5-7-9-11-13-15-17-35-49-42-23-19-38(20-24-42)40-27-31-44(32-28-40)37-45(46(44,47)48)33-29-41(30-34-45)39-21-25-43(26-22-39)50-36-18-16-14-12-10-8-6-4-2/h19-26,40-41H,3-18,27-37H2,1-2H3. The number of unbranched alkanes of at least 4 members (excludes halogenated alkanes) is 14. The van der Waals surface area contributed by atoms with E-state index in [2.05, 4.69) is 62.4 Å². The topological polar surface area (TPSA) is 18.5 Å². The van der Waals surface area contributed by atoms with Crippen LogP contribution >= 0.6 is 23.2 Å². The van der Waals surface area contributed by atoms with Gasteiger partial charge in [0.25, 0.3) is 0 Å². The number of hydrogen-bond acceptors (Lipinski definition) is 2. The van der Waals surface area contributed by atoms with Gasteiger partial charge in [-0.25, -0.2) is 0 Å². The molecule has 2 aromatic carbocycles. The summed E-state index contributed by atoms with van der Waals surface area (Å²) >= 11 is 14.9. The van der Waals surface area contributed by atoms with Gasteiger partial charge < -0.3 is 9.47 Å². The third kappa shape index (κ3) is 10.4. The second kappa shape index (κ2) is 20.2. The van der Waals surface area contributed by atoms with Gasteiger partial charge in [-0.1, -0.05) is 128 Å². The Labute approximate surface area is 317 Å². The van der Waals surface area contributed by atoms with E-state index in [9.17, 15) is 0 Å². The van der Waals surface area contributed by atoms with Crippen molar-refractivity contribution < 1.29 is 9.47 Å². The first-order valence-electron chi connectivity index (χ1n) is 21.3. The van der Waals surface area contributed by atoms with E-state index in [1.807, 2.05) is 0 Å². The molecule has 2 aromatic rings. The van der Waals surface area contributed by atoms with Crippen molar-refractivity contribution in [3.8, 4) is 11.5 Å². The molecule has 5 rings (SSSR count). The van der Waals surface area contributed by atoms with Crippen molar-refractivity contribution in [1.29, 1.82) is 0 Å². The van der Waals surface area contributed by atoms with Crippen LogP contribution in [0, 0.1) is 10.8 Å². The maximum absolute atomic E-state index is 7.45. The molecule has 0 atom stereocenters. The average Bonchev–Trinajstić information content (AvgIpc) is 3.14. The van der Waals surface area contributed by atoms with E-state index in [1.54, 1.807) is 0 Å². The molecule has 0 aromatic heterocycles. The van der Waals surface area contributed by atoms with Crippen molar-refractivity contribution in [2.45, 2.75) is 191 Å². The number of rotatable bonds is 22. The molecule has 0 unspecified atom stereocenters. The van der Waals surface area contributed by atoms with Crippen LogP contribution in [0.25, 0.3) is 0 Å². The molecule has 0 amide bonds. The average molecular weight is 726 g/mol. The van der Waals surface area contributed by atoms with Crippen LogP contribution in [0.15, 0.2) is 48.5 Å². The van der Waals surface area contributed by atoms with Crippen LogP contribution in [0.3, 0.4) is 0 Å². The van der Waals surface area contributed by atoms with E-state index >= 15 is 0 Å². The molecule has 3 aliphatic rings. The van der Waals surface area contributed by atoms with Crippen LogP contribution in [0.2, 0.25) is 0 Å². The highest BCUT2D eigenvalue weighted by Crippen LogP contribution is 2.77. The largest absolute Gasteiger partial charge is 0.494 e. The van der Waals surface area contributed by atoms with E-state index in [4.69, 9.17) is 32.7 Å². The highest BCUT2D eigenvalue weighted by molar-refractivity contribution is 6.50. The summed E-state index contributed by atoms with van der Waals surface area (Å²) in [5.74, 6) is 3.23. The Hall–Kier alpha value is -1.38. The highest BCUT2D eigenvalue weighted by Gasteiger charge is 2.72. The quantitative estimate of drug-likeness (QED) is 0.0889. The van der Waals surface area contributed by atoms with Crippen molar-refractivity contribution in [3.05, 3.63) is 59.7 Å². The molecule has 0 bridgehead atoms. The zero-order chi connectivity index (χ0) is 35.1. The van der Waals surface area contributed by atoms with Gasteiger partial charge in [0.05, 0.1) is 13.2 Å². The Morgan fingerprint density at radius 2 is 0.800 bits per heavy atom. The lowest BCUT2D eigenvalue weighted by molar-refractivity contribution is -0.107. The van der Waals surface area contributed by atoms with Crippen LogP contribution in [0.1, 0.15) is 197 Å². The normalized spacial score (nSPS) is 25.8. The van der Waals surface area contributed by atoms with Crippen molar-refractivity contribution in [2.24, 2.45) is 10.8 Å². The van der Waals surface area contributed by atoms with E-state index in [1.165, 1.54) is 133 Å². The summed E-state index contributed by atoms with van der Waals surface area (Å²) in [5, 5.41) is 0. The van der Waals surface area contributed by atoms with Gasteiger partial charge in [0.2, 0.25) is 0 Å². The molecule has 0 aliphatic heterocycles. The first-order chi connectivity index (χ1) is 24.4. The second-order valence-electron chi connectivity index (χ2n) is 16.6. The molecular formula is C46H70Cl2O2. The summed E-state index contributed by atoms with van der Waals surface area (Å²) in [6, 6.07) is 18.0. The van der Waals surface area contributed by atoms with Gasteiger partial charge in [-0.3, -0.25) is 0 Å². The molecule has 3 fully saturated rings. The van der Waals surface area contributed by atoms with Crippen molar-refractivity contribution >= 4 is 23.2 Å². The van der Waals surface area contributed by atoms with Crippen LogP contribution < -0.4 is 9.47 Å². The molecule has 2 spiro atoms. The highest BCUT2D eigenvalue weighted by atomic mass is 35.5. The van der Waals surface area contributed by atoms with Crippen LogP contribution in [0.4, 0.5) is 0 Å². The molecule has 4 heteroatoms. The van der Waals surface area contributed by atoms with Crippen molar-refractivity contribution in [1.82, 2.24) is 0 Å². The summed E-state index contributed by atoms with van der Waals surface area (Å²) in [6.07, 6.45) is 31.8. The molecular weight excluding hydrogens is 655 g/mol. The minimum atomic E-state index is -0.601. The zero-order valence-electron chi connectivity index (χ0n) is 31.9. The third-order valence-corrected chi connectivity index (χ3v) is 14.7. The summed E-state index contributed by atoms with van der Waals surface area (Å²) in [5.41, 5.74) is 3.08. The molecule has 0 N–H and O–H groups in total. The Bertz CT molecular complexity index is 1110. The predicted molar refractivity (Wildman–Crippen MR) is 215 cm³/mol. The monoisotopic (exact) mass is 724 g/mol. The summed E-state index contributed by atoms with van der Waals surface area (Å²) in [7, 11) is 0. The van der Waals surface area contributed by atoms with Gasteiger partial charge in [-0.15, -0.1) is 23.2 Å². The van der Waals surface area contributed by atoms with E-state index in [0.29, 0.717) is 11.8 Å². The maximum Gasteiger partial charge on any atom is 0.129 e. The number of benzene rings is 2. The Balaban J connectivity index is 0.978. The molecule has 280 valence electrons. The first kappa shape index (κ1) is 39.8. The number of hydrogen-bond donors (Lipinski definition) is 0. The third-order valence-electron chi connectivity index (χ3n) is 13.1.